The van der Waals surface area contributed by atoms with Gasteiger partial charge in [0.25, 0.3) is 5.78 Å². The van der Waals surface area contributed by atoms with Gasteiger partial charge in [0, 0.05) is 17.8 Å². The molecule has 1 saturated heterocycles. The van der Waals surface area contributed by atoms with Crippen LogP contribution in [0.15, 0.2) is 11.8 Å². The first-order chi connectivity index (χ1) is 7.79. The normalized spacial score (nSPS) is 20.4. The van der Waals surface area contributed by atoms with E-state index in [1.54, 1.807) is 0 Å². The standard InChI is InChI=1S/C11H17F3N2O/c1-8(7-10(17)11(12,13)14)15-9-3-5-16(2)6-4-9/h7,9,15H,3-6H2,1-2H3. The second kappa shape index (κ2) is 5.53. The van der Waals surface area contributed by atoms with Crippen LogP contribution in [0, 0.1) is 0 Å². The quantitative estimate of drug-likeness (QED) is 0.774. The summed E-state index contributed by atoms with van der Waals surface area (Å²) in [5, 5.41) is 2.96. The summed E-state index contributed by atoms with van der Waals surface area (Å²) in [5.74, 6) is -1.81. The van der Waals surface area contributed by atoms with Crippen LogP contribution in [-0.4, -0.2) is 43.0 Å². The molecule has 1 fully saturated rings. The number of allylic oxidation sites excluding steroid dienone is 2. The number of carbonyl (C=O) groups excluding carboxylic acids is 1. The molecule has 0 aromatic carbocycles. The van der Waals surface area contributed by atoms with Crippen molar-refractivity contribution < 1.29 is 18.0 Å². The number of nitrogens with one attached hydrogen (secondary N) is 1. The molecular weight excluding hydrogens is 233 g/mol. The van der Waals surface area contributed by atoms with Crippen LogP contribution in [0.3, 0.4) is 0 Å². The molecule has 1 rings (SSSR count). The van der Waals surface area contributed by atoms with E-state index in [1.807, 2.05) is 7.05 Å². The maximum absolute atomic E-state index is 12.0. The number of hydrogen-bond donors (Lipinski definition) is 1. The van der Waals surface area contributed by atoms with Crippen molar-refractivity contribution in [2.24, 2.45) is 0 Å². The van der Waals surface area contributed by atoms with Crippen molar-refractivity contribution in [3.63, 3.8) is 0 Å². The molecular formula is C11H17F3N2O. The van der Waals surface area contributed by atoms with E-state index < -0.39 is 12.0 Å². The first kappa shape index (κ1) is 14.0. The Kier molecular flexibility index (Phi) is 4.56. The molecule has 0 unspecified atom stereocenters. The van der Waals surface area contributed by atoms with E-state index in [-0.39, 0.29) is 11.7 Å². The van der Waals surface area contributed by atoms with E-state index in [2.05, 4.69) is 10.2 Å². The number of carbonyl (C=O) groups is 1. The van der Waals surface area contributed by atoms with Gasteiger partial charge in [-0.05, 0) is 39.9 Å². The molecule has 6 heteroatoms. The number of likely N-dealkylation sites (tertiary alicyclic amines) is 1. The maximum Gasteiger partial charge on any atom is 0.454 e. The Balaban J connectivity index is 2.46. The predicted molar refractivity (Wildman–Crippen MR) is 58.5 cm³/mol. The third kappa shape index (κ3) is 4.77. The third-order valence-electron chi connectivity index (χ3n) is 2.78. The van der Waals surface area contributed by atoms with Crippen LogP contribution in [0.25, 0.3) is 0 Å². The predicted octanol–water partition coefficient (Wildman–Crippen LogP) is 1.71. The van der Waals surface area contributed by atoms with E-state index >= 15 is 0 Å². The highest BCUT2D eigenvalue weighted by Crippen LogP contribution is 2.17. The summed E-state index contributed by atoms with van der Waals surface area (Å²) in [4.78, 5) is 12.9. The summed E-state index contributed by atoms with van der Waals surface area (Å²) in [6.07, 6.45) is -2.40. The number of halogens is 3. The Morgan fingerprint density at radius 3 is 2.35 bits per heavy atom. The first-order valence-corrected chi connectivity index (χ1v) is 5.53. The molecule has 1 heterocycles. The molecule has 98 valence electrons. The molecule has 0 amide bonds. The van der Waals surface area contributed by atoms with Crippen molar-refractivity contribution in [2.45, 2.75) is 32.0 Å². The molecule has 1 aliphatic rings. The van der Waals surface area contributed by atoms with Crippen LogP contribution in [0.2, 0.25) is 0 Å². The van der Waals surface area contributed by atoms with Crippen molar-refractivity contribution in [1.82, 2.24) is 10.2 Å². The average Bonchev–Trinajstić information content (AvgIpc) is 2.20. The van der Waals surface area contributed by atoms with Gasteiger partial charge >= 0.3 is 6.18 Å². The molecule has 0 aliphatic carbocycles. The Morgan fingerprint density at radius 2 is 1.88 bits per heavy atom. The summed E-state index contributed by atoms with van der Waals surface area (Å²) in [6, 6.07) is 0.156. The molecule has 17 heavy (non-hydrogen) atoms. The van der Waals surface area contributed by atoms with Gasteiger partial charge in [-0.1, -0.05) is 0 Å². The van der Waals surface area contributed by atoms with E-state index in [9.17, 15) is 18.0 Å². The largest absolute Gasteiger partial charge is 0.454 e. The topological polar surface area (TPSA) is 32.3 Å². The molecule has 1 N–H and O–H groups in total. The summed E-state index contributed by atoms with van der Waals surface area (Å²) < 4.78 is 36.0. The lowest BCUT2D eigenvalue weighted by Crippen LogP contribution is -2.40. The lowest BCUT2D eigenvalue weighted by molar-refractivity contribution is -0.165. The van der Waals surface area contributed by atoms with E-state index in [0.717, 1.165) is 25.9 Å². The number of alkyl halides is 3. The van der Waals surface area contributed by atoms with Crippen LogP contribution < -0.4 is 5.32 Å². The van der Waals surface area contributed by atoms with Crippen LogP contribution in [0.4, 0.5) is 13.2 Å². The minimum Gasteiger partial charge on any atom is -0.386 e. The average molecular weight is 250 g/mol. The van der Waals surface area contributed by atoms with Crippen molar-refractivity contribution in [3.8, 4) is 0 Å². The molecule has 0 atom stereocenters. The fourth-order valence-electron chi connectivity index (χ4n) is 1.80. The summed E-state index contributed by atoms with van der Waals surface area (Å²) >= 11 is 0. The zero-order valence-corrected chi connectivity index (χ0v) is 9.97. The first-order valence-electron chi connectivity index (χ1n) is 5.53. The molecule has 0 spiro atoms. The Bertz CT molecular complexity index is 304. The molecule has 3 nitrogen and oxygen atoms in total. The van der Waals surface area contributed by atoms with Gasteiger partial charge in [0.2, 0.25) is 0 Å². The highest BCUT2D eigenvalue weighted by atomic mass is 19.4. The minimum atomic E-state index is -4.78. The van der Waals surface area contributed by atoms with Gasteiger partial charge in [-0.3, -0.25) is 4.79 Å². The zero-order chi connectivity index (χ0) is 13.1. The lowest BCUT2D eigenvalue weighted by Gasteiger charge is -2.30. The fraction of sp³-hybridized carbons (Fsp3) is 0.727. The number of rotatable bonds is 3. The molecule has 0 radical (unpaired) electrons. The van der Waals surface area contributed by atoms with E-state index in [4.69, 9.17) is 0 Å². The van der Waals surface area contributed by atoms with Gasteiger partial charge in [-0.25, -0.2) is 0 Å². The Morgan fingerprint density at radius 1 is 1.35 bits per heavy atom. The SMILES string of the molecule is CC(=CC(=O)C(F)(F)F)NC1CCN(C)CC1. The van der Waals surface area contributed by atoms with Crippen LogP contribution in [-0.2, 0) is 4.79 Å². The van der Waals surface area contributed by atoms with Crippen molar-refractivity contribution in [1.29, 1.82) is 0 Å². The van der Waals surface area contributed by atoms with E-state index in [0.29, 0.717) is 6.08 Å². The van der Waals surface area contributed by atoms with Gasteiger partial charge in [-0.2, -0.15) is 13.2 Å². The molecule has 1 aliphatic heterocycles. The van der Waals surface area contributed by atoms with Crippen LogP contribution >= 0.6 is 0 Å². The molecule has 0 bridgehead atoms. The van der Waals surface area contributed by atoms with Gasteiger partial charge in [-0.15, -0.1) is 0 Å². The summed E-state index contributed by atoms with van der Waals surface area (Å²) in [7, 11) is 2.01. The summed E-state index contributed by atoms with van der Waals surface area (Å²) in [6.45, 7) is 3.32. The zero-order valence-electron chi connectivity index (χ0n) is 9.97. The smallest absolute Gasteiger partial charge is 0.386 e. The van der Waals surface area contributed by atoms with E-state index in [1.165, 1.54) is 6.92 Å². The van der Waals surface area contributed by atoms with Gasteiger partial charge in [0.1, 0.15) is 0 Å². The van der Waals surface area contributed by atoms with Gasteiger partial charge < -0.3 is 10.2 Å². The molecule has 0 aromatic rings. The van der Waals surface area contributed by atoms with Gasteiger partial charge in [0.05, 0.1) is 0 Å². The second-order valence-electron chi connectivity index (χ2n) is 4.41. The summed E-state index contributed by atoms with van der Waals surface area (Å²) in [5.41, 5.74) is 0.280. The highest BCUT2D eigenvalue weighted by molar-refractivity contribution is 5.94. The number of nitrogens with zero attached hydrogens (tertiary/aromatic N) is 1. The van der Waals surface area contributed by atoms with Crippen LogP contribution in [0.5, 0.6) is 0 Å². The Hall–Kier alpha value is -1.04. The Labute approximate surface area is 98.7 Å². The number of hydrogen-bond acceptors (Lipinski definition) is 3. The van der Waals surface area contributed by atoms with Crippen molar-refractivity contribution in [3.05, 3.63) is 11.8 Å². The molecule has 0 saturated carbocycles. The van der Waals surface area contributed by atoms with Crippen LogP contribution in [0.1, 0.15) is 19.8 Å². The highest BCUT2D eigenvalue weighted by Gasteiger charge is 2.36. The lowest BCUT2D eigenvalue weighted by atomic mass is 10.1. The monoisotopic (exact) mass is 250 g/mol. The third-order valence-corrected chi connectivity index (χ3v) is 2.78. The van der Waals surface area contributed by atoms with Crippen molar-refractivity contribution in [2.75, 3.05) is 20.1 Å². The van der Waals surface area contributed by atoms with Gasteiger partial charge in [0.15, 0.2) is 0 Å². The van der Waals surface area contributed by atoms with Crippen molar-refractivity contribution >= 4 is 5.78 Å². The number of piperidine rings is 1. The second-order valence-corrected chi connectivity index (χ2v) is 4.41. The fourth-order valence-corrected chi connectivity index (χ4v) is 1.80. The molecule has 0 aromatic heterocycles. The number of ketones is 1. The minimum absolute atomic E-state index is 0.156. The maximum atomic E-state index is 12.0.